The molecule has 0 aliphatic carbocycles. The molecule has 0 saturated carbocycles. The smallest absolute Gasteiger partial charge is 0.424 e. The predicted molar refractivity (Wildman–Crippen MR) is 98.9 cm³/mol. The largest absolute Gasteiger partial charge is 0.443 e. The van der Waals surface area contributed by atoms with E-state index in [0.29, 0.717) is 17.3 Å². The topological polar surface area (TPSA) is 76.1 Å². The standard InChI is InChI=1S/C17H23BrFNO5S/c1-16(2,3)24-15(22)20-17(4,12-10-11(18)7-8-13(12)19)14(6-5-9-21)25-26(20)23/h7-8,10,14,21H,5-6,9H2,1-4H3. The Morgan fingerprint density at radius 1 is 1.50 bits per heavy atom. The number of halogens is 2. The number of carbonyl (C=O) groups excluding carboxylic acids is 1. The Kier molecular flexibility index (Phi) is 6.48. The average molecular weight is 452 g/mol. The van der Waals surface area contributed by atoms with Gasteiger partial charge in [-0.3, -0.25) is 4.18 Å². The maximum absolute atomic E-state index is 14.7. The SMILES string of the molecule is CC(C)(C)OC(=O)N1S(=O)OC(CCCO)C1(C)c1cc(Br)ccc1F. The molecule has 0 spiro atoms. The molecule has 3 atom stereocenters. The molecule has 3 unspecified atom stereocenters. The summed E-state index contributed by atoms with van der Waals surface area (Å²) in [7, 11) is 0. The van der Waals surface area contributed by atoms with Gasteiger partial charge >= 0.3 is 6.09 Å². The first-order valence-electron chi connectivity index (χ1n) is 8.19. The summed E-state index contributed by atoms with van der Waals surface area (Å²) >= 11 is 1.15. The molecule has 1 N–H and O–H groups in total. The van der Waals surface area contributed by atoms with Gasteiger partial charge in [0.15, 0.2) is 0 Å². The van der Waals surface area contributed by atoms with Gasteiger partial charge in [-0.05, 0) is 58.7 Å². The van der Waals surface area contributed by atoms with Gasteiger partial charge in [-0.15, -0.1) is 0 Å². The van der Waals surface area contributed by atoms with Crippen LogP contribution in [0.3, 0.4) is 0 Å². The van der Waals surface area contributed by atoms with Crippen molar-refractivity contribution in [2.24, 2.45) is 0 Å². The third kappa shape index (κ3) is 4.27. The number of hydrogen-bond donors (Lipinski definition) is 1. The second kappa shape index (κ2) is 7.92. The molecule has 1 aromatic carbocycles. The predicted octanol–water partition coefficient (Wildman–Crippen LogP) is 3.79. The molecule has 0 radical (unpaired) electrons. The molecule has 6 nitrogen and oxygen atoms in total. The Morgan fingerprint density at radius 3 is 2.73 bits per heavy atom. The van der Waals surface area contributed by atoms with Crippen LogP contribution in [0.4, 0.5) is 9.18 Å². The van der Waals surface area contributed by atoms with E-state index < -0.39 is 40.4 Å². The monoisotopic (exact) mass is 451 g/mol. The van der Waals surface area contributed by atoms with E-state index in [1.165, 1.54) is 18.2 Å². The zero-order valence-electron chi connectivity index (χ0n) is 15.1. The maximum atomic E-state index is 14.7. The third-order valence-electron chi connectivity index (χ3n) is 4.05. The minimum Gasteiger partial charge on any atom is -0.443 e. The van der Waals surface area contributed by atoms with E-state index in [2.05, 4.69) is 15.9 Å². The summed E-state index contributed by atoms with van der Waals surface area (Å²) in [6.45, 7) is 6.55. The van der Waals surface area contributed by atoms with E-state index in [0.717, 1.165) is 4.31 Å². The molecule has 26 heavy (non-hydrogen) atoms. The number of benzene rings is 1. The van der Waals surface area contributed by atoms with Gasteiger partial charge in [-0.25, -0.2) is 13.4 Å². The van der Waals surface area contributed by atoms with Crippen molar-refractivity contribution in [3.05, 3.63) is 34.1 Å². The summed E-state index contributed by atoms with van der Waals surface area (Å²) in [6, 6.07) is 4.34. The number of aliphatic hydroxyl groups excluding tert-OH is 1. The summed E-state index contributed by atoms with van der Waals surface area (Å²) in [5.41, 5.74) is -2.02. The first-order valence-corrected chi connectivity index (χ1v) is 10.0. The quantitative estimate of drug-likeness (QED) is 0.753. The molecule has 9 heteroatoms. The summed E-state index contributed by atoms with van der Waals surface area (Å²) in [5.74, 6) is -0.555. The van der Waals surface area contributed by atoms with Crippen LogP contribution < -0.4 is 0 Å². The maximum Gasteiger partial charge on any atom is 0.424 e. The summed E-state index contributed by atoms with van der Waals surface area (Å²) < 4.78 is 39.6. The second-order valence-corrected chi connectivity index (χ2v) is 9.12. The van der Waals surface area contributed by atoms with Crippen LogP contribution in [0.2, 0.25) is 0 Å². The van der Waals surface area contributed by atoms with Crippen molar-refractivity contribution in [3.8, 4) is 0 Å². The number of ether oxygens (including phenoxy) is 1. The number of carbonyl (C=O) groups is 1. The minimum atomic E-state index is -2.15. The molecule has 0 bridgehead atoms. The normalized spacial score (nSPS) is 26.2. The summed E-state index contributed by atoms with van der Waals surface area (Å²) in [6.07, 6.45) is -0.977. The van der Waals surface area contributed by atoms with E-state index in [9.17, 15) is 13.4 Å². The van der Waals surface area contributed by atoms with Gasteiger partial charge in [0.2, 0.25) is 0 Å². The lowest BCUT2D eigenvalue weighted by molar-refractivity contribution is 0.0173. The summed E-state index contributed by atoms with van der Waals surface area (Å²) in [5, 5.41) is 9.14. The molecule has 146 valence electrons. The molecule has 1 amide bonds. The van der Waals surface area contributed by atoms with Crippen LogP contribution in [0, 0.1) is 5.82 Å². The fourth-order valence-corrected chi connectivity index (χ4v) is 4.46. The summed E-state index contributed by atoms with van der Waals surface area (Å²) in [4.78, 5) is 12.7. The van der Waals surface area contributed by atoms with E-state index >= 15 is 0 Å². The van der Waals surface area contributed by atoms with Crippen LogP contribution in [0.15, 0.2) is 22.7 Å². The first kappa shape index (κ1) is 21.3. The molecule has 0 aromatic heterocycles. The van der Waals surface area contributed by atoms with Crippen LogP contribution in [0.25, 0.3) is 0 Å². The van der Waals surface area contributed by atoms with Crippen LogP contribution in [-0.4, -0.2) is 38.0 Å². The van der Waals surface area contributed by atoms with Crippen molar-refractivity contribution < 1.29 is 27.4 Å². The molecule has 1 saturated heterocycles. The third-order valence-corrected chi connectivity index (χ3v) is 5.77. The zero-order chi connectivity index (χ0) is 19.7. The van der Waals surface area contributed by atoms with Crippen molar-refractivity contribution >= 4 is 33.3 Å². The highest BCUT2D eigenvalue weighted by Crippen LogP contribution is 2.45. The second-order valence-electron chi connectivity index (χ2n) is 7.21. The Balaban J connectivity index is 2.55. The fourth-order valence-electron chi connectivity index (χ4n) is 2.85. The van der Waals surface area contributed by atoms with E-state index in [1.54, 1.807) is 27.7 Å². The lowest BCUT2D eigenvalue weighted by Crippen LogP contribution is -2.50. The van der Waals surface area contributed by atoms with Gasteiger partial charge in [-0.2, -0.15) is 4.31 Å². The van der Waals surface area contributed by atoms with Gasteiger partial charge < -0.3 is 9.84 Å². The Morgan fingerprint density at radius 2 is 2.15 bits per heavy atom. The van der Waals surface area contributed by atoms with Gasteiger partial charge in [-0.1, -0.05) is 15.9 Å². The minimum absolute atomic E-state index is 0.101. The van der Waals surface area contributed by atoms with Crippen LogP contribution in [0.1, 0.15) is 46.1 Å². The van der Waals surface area contributed by atoms with Crippen molar-refractivity contribution in [2.75, 3.05) is 6.61 Å². The Hall–Kier alpha value is -1.03. The fraction of sp³-hybridized carbons (Fsp3) is 0.588. The molecular formula is C17H23BrFNO5S. The highest BCUT2D eigenvalue weighted by Gasteiger charge is 2.56. The highest BCUT2D eigenvalue weighted by molar-refractivity contribution is 9.10. The number of amides is 1. The van der Waals surface area contributed by atoms with Gasteiger partial charge in [0.1, 0.15) is 23.1 Å². The lowest BCUT2D eigenvalue weighted by atomic mass is 9.84. The van der Waals surface area contributed by atoms with Crippen molar-refractivity contribution in [3.63, 3.8) is 0 Å². The molecular weight excluding hydrogens is 429 g/mol. The van der Waals surface area contributed by atoms with Gasteiger partial charge in [0.05, 0.1) is 0 Å². The number of rotatable bonds is 4. The van der Waals surface area contributed by atoms with Crippen molar-refractivity contribution in [1.29, 1.82) is 0 Å². The molecule has 1 aromatic rings. The average Bonchev–Trinajstić information content (AvgIpc) is 2.77. The van der Waals surface area contributed by atoms with E-state index in [4.69, 9.17) is 14.0 Å². The van der Waals surface area contributed by atoms with Crippen LogP contribution in [0.5, 0.6) is 0 Å². The Bertz CT molecular complexity index is 711. The van der Waals surface area contributed by atoms with Crippen molar-refractivity contribution in [2.45, 2.75) is 57.8 Å². The highest BCUT2D eigenvalue weighted by atomic mass is 79.9. The van der Waals surface area contributed by atoms with E-state index in [1.807, 2.05) is 0 Å². The molecule has 1 heterocycles. The molecule has 2 rings (SSSR count). The van der Waals surface area contributed by atoms with Crippen LogP contribution in [-0.2, 0) is 25.7 Å². The zero-order valence-corrected chi connectivity index (χ0v) is 17.5. The number of hydrogen-bond acceptors (Lipinski definition) is 5. The number of nitrogens with zero attached hydrogens (tertiary/aromatic N) is 1. The van der Waals surface area contributed by atoms with Gasteiger partial charge in [0.25, 0.3) is 11.3 Å². The molecule has 1 aliphatic heterocycles. The van der Waals surface area contributed by atoms with Gasteiger partial charge in [0, 0.05) is 16.6 Å². The Labute approximate surface area is 163 Å². The number of aliphatic hydroxyl groups is 1. The van der Waals surface area contributed by atoms with Crippen LogP contribution >= 0.6 is 15.9 Å². The molecule has 1 aliphatic rings. The first-order chi connectivity index (χ1) is 12.0. The lowest BCUT2D eigenvalue weighted by Gasteiger charge is -2.36. The van der Waals surface area contributed by atoms with E-state index in [-0.39, 0.29) is 12.2 Å². The molecule has 1 fully saturated rings. The van der Waals surface area contributed by atoms with Crippen molar-refractivity contribution in [1.82, 2.24) is 4.31 Å².